The largest absolute Gasteiger partial charge is 0.495 e. The van der Waals surface area contributed by atoms with Gasteiger partial charge in [-0.3, -0.25) is 4.79 Å². The Bertz CT molecular complexity index is 542. The van der Waals surface area contributed by atoms with E-state index >= 15 is 0 Å². The van der Waals surface area contributed by atoms with Crippen molar-refractivity contribution in [2.24, 2.45) is 0 Å². The van der Waals surface area contributed by atoms with Gasteiger partial charge in [-0.2, -0.15) is 0 Å². The quantitative estimate of drug-likeness (QED) is 0.625. The van der Waals surface area contributed by atoms with Gasteiger partial charge in [-0.05, 0) is 25.5 Å². The smallest absolute Gasteiger partial charge is 0.275 e. The Balaban J connectivity index is 1.70. The molecule has 1 aromatic rings. The summed E-state index contributed by atoms with van der Waals surface area (Å²) in [5.41, 5.74) is 1.15. The summed E-state index contributed by atoms with van der Waals surface area (Å²) in [6.07, 6.45) is 6.11. The minimum atomic E-state index is 0.189. The van der Waals surface area contributed by atoms with E-state index in [1.54, 1.807) is 7.11 Å². The molecule has 5 heteroatoms. The highest BCUT2D eigenvalue weighted by Crippen LogP contribution is 2.27. The van der Waals surface area contributed by atoms with Crippen molar-refractivity contribution in [3.8, 4) is 5.75 Å². The van der Waals surface area contributed by atoms with Crippen molar-refractivity contribution in [3.63, 3.8) is 0 Å². The second-order valence-corrected chi connectivity index (χ2v) is 7.40. The number of piperazine rings is 1. The van der Waals surface area contributed by atoms with E-state index in [-0.39, 0.29) is 11.9 Å². The second-order valence-electron chi connectivity index (χ2n) is 7.40. The number of rotatable bonds is 10. The normalized spacial score (nSPS) is 16.3. The first-order chi connectivity index (χ1) is 12.6. The van der Waals surface area contributed by atoms with Crippen LogP contribution in [0.15, 0.2) is 24.3 Å². The van der Waals surface area contributed by atoms with Gasteiger partial charge in [-0.1, -0.05) is 44.7 Å². The van der Waals surface area contributed by atoms with E-state index in [9.17, 15) is 4.79 Å². The predicted octanol–water partition coefficient (Wildman–Crippen LogP) is 1.88. The summed E-state index contributed by atoms with van der Waals surface area (Å²) in [6.45, 7) is 8.80. The third-order valence-corrected chi connectivity index (χ3v) is 5.21. The highest BCUT2D eigenvalue weighted by atomic mass is 16.5. The zero-order valence-corrected chi connectivity index (χ0v) is 16.7. The molecule has 0 saturated carbocycles. The third-order valence-electron chi connectivity index (χ3n) is 5.21. The van der Waals surface area contributed by atoms with Crippen molar-refractivity contribution >= 4 is 11.6 Å². The van der Waals surface area contributed by atoms with E-state index in [0.29, 0.717) is 6.54 Å². The van der Waals surface area contributed by atoms with Crippen LogP contribution >= 0.6 is 0 Å². The highest BCUT2D eigenvalue weighted by Gasteiger charge is 2.24. The zero-order chi connectivity index (χ0) is 18.8. The van der Waals surface area contributed by atoms with Crippen molar-refractivity contribution in [1.29, 1.82) is 0 Å². The fraction of sp³-hybridized carbons (Fsp3) is 0.667. The van der Waals surface area contributed by atoms with Crippen molar-refractivity contribution in [3.05, 3.63) is 24.3 Å². The van der Waals surface area contributed by atoms with E-state index in [1.165, 1.54) is 30.6 Å². The maximum absolute atomic E-state index is 12.3. The van der Waals surface area contributed by atoms with Crippen LogP contribution in [-0.4, -0.2) is 51.8 Å². The number of benzene rings is 1. The molecule has 146 valence electrons. The molecule has 1 fully saturated rings. The van der Waals surface area contributed by atoms with Crippen molar-refractivity contribution in [2.75, 3.05) is 44.7 Å². The molecule has 1 aliphatic rings. The summed E-state index contributed by atoms with van der Waals surface area (Å²) in [5, 5.41) is 3.17. The summed E-state index contributed by atoms with van der Waals surface area (Å²) in [4.78, 5) is 16.0. The van der Waals surface area contributed by atoms with E-state index in [0.717, 1.165) is 44.0 Å². The number of anilines is 1. The van der Waals surface area contributed by atoms with Crippen LogP contribution in [0.4, 0.5) is 5.69 Å². The van der Waals surface area contributed by atoms with Crippen LogP contribution < -0.4 is 19.9 Å². The van der Waals surface area contributed by atoms with Gasteiger partial charge in [0.2, 0.25) is 0 Å². The third kappa shape index (κ3) is 6.52. The number of quaternary nitrogens is 1. The fourth-order valence-electron chi connectivity index (χ4n) is 3.63. The maximum atomic E-state index is 12.3. The van der Waals surface area contributed by atoms with Crippen molar-refractivity contribution < 1.29 is 14.4 Å². The van der Waals surface area contributed by atoms with Crippen LogP contribution in [0.3, 0.4) is 0 Å². The Hall–Kier alpha value is -1.75. The van der Waals surface area contributed by atoms with Gasteiger partial charge in [-0.15, -0.1) is 0 Å². The molecule has 1 aliphatic heterocycles. The lowest BCUT2D eigenvalue weighted by atomic mass is 10.1. The number of para-hydroxylation sites is 2. The first-order valence-corrected chi connectivity index (χ1v) is 10.1. The average molecular weight is 363 g/mol. The van der Waals surface area contributed by atoms with Gasteiger partial charge in [0.25, 0.3) is 5.91 Å². The Morgan fingerprint density at radius 2 is 1.96 bits per heavy atom. The first kappa shape index (κ1) is 20.6. The molecule has 1 heterocycles. The number of hydrogen-bond acceptors (Lipinski definition) is 3. The van der Waals surface area contributed by atoms with Gasteiger partial charge in [-0.25, -0.2) is 0 Å². The highest BCUT2D eigenvalue weighted by molar-refractivity contribution is 5.77. The molecular formula is C21H36N3O2+. The number of nitrogens with one attached hydrogen (secondary N) is 2. The SMILES string of the molecule is CCCCCC[C@@H](C)NC(=O)C[NH+]1CCN(c2ccccc2OC)CC1. The first-order valence-electron chi connectivity index (χ1n) is 10.1. The van der Waals surface area contributed by atoms with Gasteiger partial charge < -0.3 is 19.9 Å². The number of unbranched alkanes of at least 4 members (excludes halogenated alkanes) is 3. The summed E-state index contributed by atoms with van der Waals surface area (Å²) >= 11 is 0. The average Bonchev–Trinajstić information content (AvgIpc) is 2.66. The van der Waals surface area contributed by atoms with E-state index in [1.807, 2.05) is 18.2 Å². The Morgan fingerprint density at radius 1 is 1.23 bits per heavy atom. The molecular weight excluding hydrogens is 326 g/mol. The summed E-state index contributed by atoms with van der Waals surface area (Å²) in [6, 6.07) is 8.44. The van der Waals surface area contributed by atoms with Crippen LogP contribution in [0.2, 0.25) is 0 Å². The van der Waals surface area contributed by atoms with Gasteiger partial charge in [0.05, 0.1) is 39.0 Å². The van der Waals surface area contributed by atoms with Crippen molar-refractivity contribution in [2.45, 2.75) is 52.0 Å². The minimum Gasteiger partial charge on any atom is -0.495 e. The van der Waals surface area contributed by atoms with E-state index in [4.69, 9.17) is 4.74 Å². The Labute approximate surface area is 158 Å². The molecule has 0 radical (unpaired) electrons. The molecule has 2 rings (SSSR count). The van der Waals surface area contributed by atoms with Crippen LogP contribution in [0.5, 0.6) is 5.75 Å². The number of carbonyl (C=O) groups is 1. The summed E-state index contributed by atoms with van der Waals surface area (Å²) in [7, 11) is 1.72. The number of ether oxygens (including phenoxy) is 1. The fourth-order valence-corrected chi connectivity index (χ4v) is 3.63. The van der Waals surface area contributed by atoms with Gasteiger partial charge in [0.1, 0.15) is 5.75 Å². The lowest BCUT2D eigenvalue weighted by molar-refractivity contribution is -0.892. The molecule has 26 heavy (non-hydrogen) atoms. The summed E-state index contributed by atoms with van der Waals surface area (Å²) < 4.78 is 5.47. The van der Waals surface area contributed by atoms with Gasteiger partial charge in [0, 0.05) is 6.04 Å². The minimum absolute atomic E-state index is 0.189. The molecule has 1 amide bonds. The van der Waals surface area contributed by atoms with E-state index in [2.05, 4.69) is 30.1 Å². The predicted molar refractivity (Wildman–Crippen MR) is 107 cm³/mol. The lowest BCUT2D eigenvalue weighted by Crippen LogP contribution is -3.16. The molecule has 1 aromatic carbocycles. The number of carbonyl (C=O) groups excluding carboxylic acids is 1. The molecule has 1 atom stereocenters. The number of amides is 1. The maximum Gasteiger partial charge on any atom is 0.275 e. The van der Waals surface area contributed by atoms with Crippen LogP contribution in [0, 0.1) is 0 Å². The molecule has 1 saturated heterocycles. The summed E-state index contributed by atoms with van der Waals surface area (Å²) in [5.74, 6) is 1.11. The monoisotopic (exact) mass is 362 g/mol. The Kier molecular flexibility index (Phi) is 8.75. The molecule has 0 bridgehead atoms. The molecule has 0 unspecified atom stereocenters. The van der Waals surface area contributed by atoms with Gasteiger partial charge >= 0.3 is 0 Å². The molecule has 5 nitrogen and oxygen atoms in total. The van der Waals surface area contributed by atoms with Crippen molar-refractivity contribution in [1.82, 2.24) is 5.32 Å². The molecule has 0 spiro atoms. The molecule has 2 N–H and O–H groups in total. The van der Waals surface area contributed by atoms with Gasteiger partial charge in [0.15, 0.2) is 6.54 Å². The van der Waals surface area contributed by atoms with Crippen LogP contribution in [-0.2, 0) is 4.79 Å². The zero-order valence-electron chi connectivity index (χ0n) is 16.7. The second kappa shape index (κ2) is 11.1. The van der Waals surface area contributed by atoms with Crippen LogP contribution in [0.25, 0.3) is 0 Å². The molecule has 0 aromatic heterocycles. The van der Waals surface area contributed by atoms with Crippen LogP contribution in [0.1, 0.15) is 46.0 Å². The lowest BCUT2D eigenvalue weighted by Gasteiger charge is -2.34. The number of nitrogens with zero attached hydrogens (tertiary/aromatic N) is 1. The number of methoxy groups -OCH3 is 1. The molecule has 0 aliphatic carbocycles. The topological polar surface area (TPSA) is 46.0 Å². The Morgan fingerprint density at radius 3 is 2.65 bits per heavy atom. The number of hydrogen-bond donors (Lipinski definition) is 2. The standard InChI is InChI=1S/C21H35N3O2/c1-4-5-6-7-10-18(2)22-21(25)17-23-13-15-24(16-14-23)19-11-8-9-12-20(19)26-3/h8-9,11-12,18H,4-7,10,13-17H2,1-3H3,(H,22,25)/p+1/t18-/m1/s1. The van der Waals surface area contributed by atoms with E-state index < -0.39 is 0 Å².